The second kappa shape index (κ2) is 18.5. The Labute approximate surface area is 139 Å². The zero-order chi connectivity index (χ0) is 15.6. The first kappa shape index (κ1) is 21.5. The van der Waals surface area contributed by atoms with Gasteiger partial charge in [-0.3, -0.25) is 0 Å². The van der Waals surface area contributed by atoms with Crippen LogP contribution in [0.15, 0.2) is 0 Å². The Balaban J connectivity index is 3.35. The topological polar surface area (TPSA) is 52.0 Å². The molecule has 0 aromatic heterocycles. The number of nitrogens with two attached hydrogens (primary N) is 2. The number of rotatable bonds is 17. The quantitative estimate of drug-likeness (QED) is 0.280. The van der Waals surface area contributed by atoms with E-state index in [0.717, 1.165) is 13.1 Å². The summed E-state index contributed by atoms with van der Waals surface area (Å²) < 4.78 is 0. The van der Waals surface area contributed by atoms with Crippen molar-refractivity contribution < 1.29 is 0 Å². The van der Waals surface area contributed by atoms with Crippen molar-refractivity contribution in [2.75, 3.05) is 13.1 Å². The van der Waals surface area contributed by atoms with Crippen LogP contribution in [-0.2, 0) is 0 Å². The first-order valence-electron chi connectivity index (χ1n) is 9.47. The van der Waals surface area contributed by atoms with E-state index in [-0.39, 0.29) is 0 Å². The van der Waals surface area contributed by atoms with E-state index < -0.39 is 14.7 Å². The minimum absolute atomic E-state index is 0.577. The van der Waals surface area contributed by atoms with Gasteiger partial charge in [0.05, 0.1) is 0 Å². The molecular formula is C18H41AsN2. The van der Waals surface area contributed by atoms with Crippen LogP contribution in [0.1, 0.15) is 84.0 Å². The summed E-state index contributed by atoms with van der Waals surface area (Å²) in [5, 5.41) is 4.46. The second-order valence-electron chi connectivity index (χ2n) is 6.31. The summed E-state index contributed by atoms with van der Waals surface area (Å²) in [7, 11) is 0. The molecule has 0 atom stereocenters. The van der Waals surface area contributed by atoms with Crippen molar-refractivity contribution in [1.29, 1.82) is 0 Å². The van der Waals surface area contributed by atoms with Crippen LogP contribution in [0.3, 0.4) is 0 Å². The summed E-state index contributed by atoms with van der Waals surface area (Å²) >= 11 is -0.577. The molecule has 128 valence electrons. The van der Waals surface area contributed by atoms with E-state index in [1.165, 1.54) is 87.5 Å². The van der Waals surface area contributed by atoms with Crippen molar-refractivity contribution in [2.45, 2.75) is 99.6 Å². The van der Waals surface area contributed by atoms with Gasteiger partial charge < -0.3 is 0 Å². The van der Waals surface area contributed by atoms with Crippen LogP contribution in [0.4, 0.5) is 0 Å². The van der Waals surface area contributed by atoms with Gasteiger partial charge in [-0.25, -0.2) is 0 Å². The Morgan fingerprint density at radius 1 is 0.524 bits per heavy atom. The maximum absolute atomic E-state index is 5.66. The fraction of sp³-hybridized carbons (Fsp3) is 1.00. The average Bonchev–Trinajstić information content (AvgIpc) is 2.51. The Bertz CT molecular complexity index is 180. The zero-order valence-corrected chi connectivity index (χ0v) is 16.5. The number of hydrogen-bond donors (Lipinski definition) is 2. The van der Waals surface area contributed by atoms with Crippen LogP contribution in [0.25, 0.3) is 0 Å². The SMILES string of the molecule is CCCCCCCCCCCC[As](CCCN)CCCN. The van der Waals surface area contributed by atoms with E-state index in [4.69, 9.17) is 11.5 Å². The van der Waals surface area contributed by atoms with Gasteiger partial charge in [0.15, 0.2) is 0 Å². The molecule has 21 heavy (non-hydrogen) atoms. The van der Waals surface area contributed by atoms with Crippen molar-refractivity contribution in [1.82, 2.24) is 0 Å². The minimum atomic E-state index is -0.577. The van der Waals surface area contributed by atoms with Gasteiger partial charge in [0, 0.05) is 0 Å². The summed E-state index contributed by atoms with van der Waals surface area (Å²) in [5.74, 6) is 0. The zero-order valence-electron chi connectivity index (χ0n) is 14.6. The Kier molecular flexibility index (Phi) is 18.9. The summed E-state index contributed by atoms with van der Waals surface area (Å²) in [5.41, 5.74) is 11.3. The normalized spacial score (nSPS) is 11.4. The van der Waals surface area contributed by atoms with E-state index in [1.807, 2.05) is 0 Å². The molecule has 3 heteroatoms. The van der Waals surface area contributed by atoms with E-state index in [9.17, 15) is 0 Å². The van der Waals surface area contributed by atoms with Crippen LogP contribution in [-0.4, -0.2) is 27.7 Å². The summed E-state index contributed by atoms with van der Waals surface area (Å²) in [6.07, 6.45) is 17.0. The first-order chi connectivity index (χ1) is 10.3. The third kappa shape index (κ3) is 16.7. The monoisotopic (exact) mass is 360 g/mol. The summed E-state index contributed by atoms with van der Waals surface area (Å²) in [6.45, 7) is 4.05. The summed E-state index contributed by atoms with van der Waals surface area (Å²) in [6, 6.07) is 0. The van der Waals surface area contributed by atoms with Crippen molar-refractivity contribution in [3.05, 3.63) is 0 Å². The predicted molar refractivity (Wildman–Crippen MR) is 99.4 cm³/mol. The van der Waals surface area contributed by atoms with E-state index in [0.29, 0.717) is 0 Å². The van der Waals surface area contributed by atoms with Crippen LogP contribution >= 0.6 is 0 Å². The Morgan fingerprint density at radius 2 is 0.905 bits per heavy atom. The molecule has 0 amide bonds. The summed E-state index contributed by atoms with van der Waals surface area (Å²) in [4.78, 5) is 0. The number of unbranched alkanes of at least 4 members (excludes halogenated alkanes) is 9. The number of hydrogen-bond acceptors (Lipinski definition) is 2. The van der Waals surface area contributed by atoms with Crippen LogP contribution in [0.5, 0.6) is 0 Å². The molecule has 0 bridgehead atoms. The van der Waals surface area contributed by atoms with Crippen molar-refractivity contribution in [2.24, 2.45) is 11.5 Å². The molecule has 0 rings (SSSR count). The van der Waals surface area contributed by atoms with Gasteiger partial charge in [-0.15, -0.1) is 0 Å². The first-order valence-corrected chi connectivity index (χ1v) is 13.5. The Morgan fingerprint density at radius 3 is 1.33 bits per heavy atom. The average molecular weight is 360 g/mol. The molecule has 0 aliphatic rings. The molecular weight excluding hydrogens is 319 g/mol. The third-order valence-electron chi connectivity index (χ3n) is 4.18. The van der Waals surface area contributed by atoms with Crippen LogP contribution in [0.2, 0.25) is 15.6 Å². The Hall–Kier alpha value is 0.478. The molecule has 0 unspecified atom stereocenters. The molecule has 0 spiro atoms. The van der Waals surface area contributed by atoms with Gasteiger partial charge in [0.2, 0.25) is 0 Å². The fourth-order valence-corrected chi connectivity index (χ4v) is 8.25. The van der Waals surface area contributed by atoms with Gasteiger partial charge in [0.1, 0.15) is 0 Å². The molecule has 2 nitrogen and oxygen atoms in total. The van der Waals surface area contributed by atoms with Gasteiger partial charge >= 0.3 is 139 Å². The van der Waals surface area contributed by atoms with E-state index in [2.05, 4.69) is 6.92 Å². The van der Waals surface area contributed by atoms with Gasteiger partial charge in [-0.2, -0.15) is 0 Å². The van der Waals surface area contributed by atoms with Crippen molar-refractivity contribution >= 4 is 14.7 Å². The van der Waals surface area contributed by atoms with Gasteiger partial charge in [-0.05, 0) is 0 Å². The van der Waals surface area contributed by atoms with E-state index >= 15 is 0 Å². The molecule has 0 aromatic carbocycles. The molecule has 0 saturated carbocycles. The fourth-order valence-electron chi connectivity index (χ4n) is 2.79. The molecule has 0 aromatic rings. The standard InChI is InChI=1S/C18H41AsN2/c1-2-3-4-5-6-7-8-9-10-11-14-19(15-12-17-20)16-13-18-21/h2-18,20-21H2,1H3. The van der Waals surface area contributed by atoms with Gasteiger partial charge in [-0.1, -0.05) is 0 Å². The van der Waals surface area contributed by atoms with E-state index in [1.54, 1.807) is 5.21 Å². The molecule has 0 heterocycles. The van der Waals surface area contributed by atoms with Gasteiger partial charge in [0.25, 0.3) is 0 Å². The van der Waals surface area contributed by atoms with Crippen molar-refractivity contribution in [3.8, 4) is 0 Å². The predicted octanol–water partition coefficient (Wildman–Crippen LogP) is 5.10. The van der Waals surface area contributed by atoms with Crippen LogP contribution < -0.4 is 11.5 Å². The molecule has 0 fully saturated rings. The molecule has 0 saturated heterocycles. The molecule has 0 aliphatic carbocycles. The molecule has 0 aliphatic heterocycles. The molecule has 4 N–H and O–H groups in total. The van der Waals surface area contributed by atoms with Crippen molar-refractivity contribution in [3.63, 3.8) is 0 Å². The molecule has 0 radical (unpaired) electrons. The van der Waals surface area contributed by atoms with Crippen LogP contribution in [0, 0.1) is 0 Å². The second-order valence-corrected chi connectivity index (χ2v) is 11.9. The maximum atomic E-state index is 5.66. The third-order valence-corrected chi connectivity index (χ3v) is 10.2.